The van der Waals surface area contributed by atoms with Crippen molar-refractivity contribution in [1.82, 2.24) is 14.7 Å². The standard InChI is InChI=1S/C12H16N4O6/c1-4-22-9(17)13-8-6-5-15(10(18)19)12(2,3)7(6)16(14-8)11(20)21/h4-5H2,1-3H3,(H,18,19)(H,20,21)(H,13,14,17). The van der Waals surface area contributed by atoms with E-state index in [0.29, 0.717) is 10.2 Å². The fraction of sp³-hybridized carbons (Fsp3) is 0.500. The second kappa shape index (κ2) is 5.20. The molecule has 0 fully saturated rings. The number of hydrogen-bond donors (Lipinski definition) is 3. The number of nitrogens with one attached hydrogen (secondary N) is 1. The molecule has 22 heavy (non-hydrogen) atoms. The molecular weight excluding hydrogens is 296 g/mol. The SMILES string of the molecule is CCOC(=O)Nc1nn(C(=O)O)c2c1CN(C(=O)O)C2(C)C. The summed E-state index contributed by atoms with van der Waals surface area (Å²) >= 11 is 0. The molecule has 1 aromatic heterocycles. The third-order valence-corrected chi connectivity index (χ3v) is 3.46. The molecule has 0 radical (unpaired) electrons. The van der Waals surface area contributed by atoms with Crippen molar-refractivity contribution >= 4 is 24.1 Å². The normalized spacial score (nSPS) is 15.3. The van der Waals surface area contributed by atoms with Crippen LogP contribution in [0.4, 0.5) is 20.2 Å². The summed E-state index contributed by atoms with van der Waals surface area (Å²) in [5.41, 5.74) is -0.557. The smallest absolute Gasteiger partial charge is 0.432 e. The molecule has 10 nitrogen and oxygen atoms in total. The van der Waals surface area contributed by atoms with Gasteiger partial charge in [-0.3, -0.25) is 10.2 Å². The quantitative estimate of drug-likeness (QED) is 0.756. The van der Waals surface area contributed by atoms with Crippen molar-refractivity contribution in [1.29, 1.82) is 0 Å². The number of carbonyl (C=O) groups excluding carboxylic acids is 1. The van der Waals surface area contributed by atoms with Crippen LogP contribution in [0.5, 0.6) is 0 Å². The van der Waals surface area contributed by atoms with Crippen LogP contribution in [0.2, 0.25) is 0 Å². The molecule has 1 aromatic rings. The van der Waals surface area contributed by atoms with Gasteiger partial charge in [0.2, 0.25) is 0 Å². The first-order valence-electron chi connectivity index (χ1n) is 6.50. The van der Waals surface area contributed by atoms with Crippen LogP contribution in [0.3, 0.4) is 0 Å². The summed E-state index contributed by atoms with van der Waals surface area (Å²) in [6, 6.07) is 0. The molecule has 0 saturated carbocycles. The number of nitrogens with zero attached hydrogens (tertiary/aromatic N) is 3. The Morgan fingerprint density at radius 1 is 1.32 bits per heavy atom. The van der Waals surface area contributed by atoms with E-state index in [9.17, 15) is 24.6 Å². The van der Waals surface area contributed by atoms with Gasteiger partial charge in [0.15, 0.2) is 5.82 Å². The van der Waals surface area contributed by atoms with Gasteiger partial charge in [0.05, 0.1) is 24.4 Å². The first kappa shape index (κ1) is 15.6. The second-order valence-electron chi connectivity index (χ2n) is 5.14. The molecule has 0 bridgehead atoms. The molecule has 2 amide bonds. The number of carboxylic acid groups (broad SMARTS) is 2. The number of carbonyl (C=O) groups is 3. The Labute approximate surface area is 125 Å². The molecule has 0 aromatic carbocycles. The van der Waals surface area contributed by atoms with Gasteiger partial charge in [-0.25, -0.2) is 14.4 Å². The van der Waals surface area contributed by atoms with E-state index in [0.717, 1.165) is 4.90 Å². The van der Waals surface area contributed by atoms with E-state index in [1.165, 1.54) is 0 Å². The van der Waals surface area contributed by atoms with Crippen molar-refractivity contribution in [2.24, 2.45) is 0 Å². The number of rotatable bonds is 2. The molecule has 120 valence electrons. The second-order valence-corrected chi connectivity index (χ2v) is 5.14. The van der Waals surface area contributed by atoms with Crippen molar-refractivity contribution in [2.45, 2.75) is 32.9 Å². The Morgan fingerprint density at radius 3 is 2.45 bits per heavy atom. The zero-order chi connectivity index (χ0) is 16.7. The number of aromatic nitrogens is 2. The third-order valence-electron chi connectivity index (χ3n) is 3.46. The maximum Gasteiger partial charge on any atom is 0.432 e. The molecular formula is C12H16N4O6. The van der Waals surface area contributed by atoms with Gasteiger partial charge in [0.25, 0.3) is 0 Å². The molecule has 0 atom stereocenters. The molecule has 1 aliphatic rings. The van der Waals surface area contributed by atoms with E-state index in [2.05, 4.69) is 10.4 Å². The van der Waals surface area contributed by atoms with Crippen LogP contribution in [0.25, 0.3) is 0 Å². The van der Waals surface area contributed by atoms with E-state index in [1.54, 1.807) is 20.8 Å². The van der Waals surface area contributed by atoms with Gasteiger partial charge < -0.3 is 14.9 Å². The maximum absolute atomic E-state index is 11.5. The molecule has 3 N–H and O–H groups in total. The topological polar surface area (TPSA) is 134 Å². The van der Waals surface area contributed by atoms with E-state index < -0.39 is 23.8 Å². The van der Waals surface area contributed by atoms with Crippen LogP contribution in [0.15, 0.2) is 0 Å². The maximum atomic E-state index is 11.5. The predicted octanol–water partition coefficient (Wildman–Crippen LogP) is 1.71. The minimum Gasteiger partial charge on any atom is -0.465 e. The summed E-state index contributed by atoms with van der Waals surface area (Å²) in [7, 11) is 0. The summed E-state index contributed by atoms with van der Waals surface area (Å²) in [5.74, 6) is -0.0207. The van der Waals surface area contributed by atoms with E-state index >= 15 is 0 Å². The highest BCUT2D eigenvalue weighted by Crippen LogP contribution is 2.41. The summed E-state index contributed by atoms with van der Waals surface area (Å²) in [4.78, 5) is 35.3. The van der Waals surface area contributed by atoms with Crippen molar-refractivity contribution in [3.05, 3.63) is 11.3 Å². The minimum atomic E-state index is -1.37. The largest absolute Gasteiger partial charge is 0.465 e. The number of amides is 2. The Hall–Kier alpha value is -2.78. The lowest BCUT2D eigenvalue weighted by atomic mass is 10.0. The fourth-order valence-electron chi connectivity index (χ4n) is 2.52. The number of anilines is 1. The summed E-state index contributed by atoms with van der Waals surface area (Å²) < 4.78 is 5.41. The first-order valence-corrected chi connectivity index (χ1v) is 6.50. The first-order chi connectivity index (χ1) is 10.2. The highest BCUT2D eigenvalue weighted by atomic mass is 16.5. The van der Waals surface area contributed by atoms with E-state index in [4.69, 9.17) is 4.74 Å². The van der Waals surface area contributed by atoms with Crippen LogP contribution >= 0.6 is 0 Å². The van der Waals surface area contributed by atoms with Gasteiger partial charge in [-0.05, 0) is 20.8 Å². The molecule has 0 aliphatic carbocycles. The van der Waals surface area contributed by atoms with E-state index in [1.807, 2.05) is 0 Å². The summed E-state index contributed by atoms with van der Waals surface area (Å²) in [5, 5.41) is 24.7. The van der Waals surface area contributed by atoms with Crippen LogP contribution in [-0.4, -0.2) is 49.8 Å². The Bertz CT molecular complexity index is 650. The van der Waals surface area contributed by atoms with Gasteiger partial charge in [-0.15, -0.1) is 5.10 Å². The molecule has 1 aliphatic heterocycles. The lowest BCUT2D eigenvalue weighted by Crippen LogP contribution is -2.41. The summed E-state index contributed by atoms with van der Waals surface area (Å²) in [6.07, 6.45) is -3.35. The Balaban J connectivity index is 2.50. The van der Waals surface area contributed by atoms with Crippen molar-refractivity contribution < 1.29 is 29.3 Å². The molecule has 2 heterocycles. The van der Waals surface area contributed by atoms with Gasteiger partial charge in [0.1, 0.15) is 0 Å². The lowest BCUT2D eigenvalue weighted by Gasteiger charge is -2.29. The number of hydrogen-bond acceptors (Lipinski definition) is 5. The van der Waals surface area contributed by atoms with Crippen LogP contribution in [0.1, 0.15) is 32.0 Å². The minimum absolute atomic E-state index is 0.0207. The zero-order valence-corrected chi connectivity index (χ0v) is 12.3. The van der Waals surface area contributed by atoms with Crippen LogP contribution in [0, 0.1) is 0 Å². The molecule has 10 heteroatoms. The van der Waals surface area contributed by atoms with Gasteiger partial charge in [0, 0.05) is 5.56 Å². The zero-order valence-electron chi connectivity index (χ0n) is 12.3. The third kappa shape index (κ3) is 2.32. The van der Waals surface area contributed by atoms with Gasteiger partial charge >= 0.3 is 18.3 Å². The average molecular weight is 312 g/mol. The van der Waals surface area contributed by atoms with Gasteiger partial charge in [-0.1, -0.05) is 0 Å². The monoisotopic (exact) mass is 312 g/mol. The molecule has 0 spiro atoms. The number of ether oxygens (including phenoxy) is 1. The average Bonchev–Trinajstić information content (AvgIpc) is 2.87. The molecule has 2 rings (SSSR count). The Morgan fingerprint density at radius 2 is 1.95 bits per heavy atom. The Kier molecular flexibility index (Phi) is 3.69. The highest BCUT2D eigenvalue weighted by molar-refractivity contribution is 5.86. The number of fused-ring (bicyclic) bond motifs is 1. The lowest BCUT2D eigenvalue weighted by molar-refractivity contribution is 0.0955. The van der Waals surface area contributed by atoms with Crippen molar-refractivity contribution in [2.75, 3.05) is 11.9 Å². The van der Waals surface area contributed by atoms with Crippen molar-refractivity contribution in [3.63, 3.8) is 0 Å². The van der Waals surface area contributed by atoms with Crippen LogP contribution < -0.4 is 5.32 Å². The van der Waals surface area contributed by atoms with Crippen molar-refractivity contribution in [3.8, 4) is 0 Å². The molecule has 0 saturated heterocycles. The van der Waals surface area contributed by atoms with Crippen LogP contribution in [-0.2, 0) is 16.8 Å². The molecule has 0 unspecified atom stereocenters. The van der Waals surface area contributed by atoms with E-state index in [-0.39, 0.29) is 24.7 Å². The summed E-state index contributed by atoms with van der Waals surface area (Å²) in [6.45, 7) is 4.83. The predicted molar refractivity (Wildman–Crippen MR) is 72.9 cm³/mol. The highest BCUT2D eigenvalue weighted by Gasteiger charge is 2.47. The van der Waals surface area contributed by atoms with Gasteiger partial charge in [-0.2, -0.15) is 4.68 Å². The fourth-order valence-corrected chi connectivity index (χ4v) is 2.52.